The second-order valence-electron chi connectivity index (χ2n) is 9.86. The van der Waals surface area contributed by atoms with E-state index in [0.717, 1.165) is 16.7 Å². The number of nitrogens with zero attached hydrogens (tertiary/aromatic N) is 1. The normalized spacial score (nSPS) is 26.4. The van der Waals surface area contributed by atoms with E-state index in [2.05, 4.69) is 10.6 Å². The minimum atomic E-state index is -1.32. The van der Waals surface area contributed by atoms with Crippen molar-refractivity contribution in [1.82, 2.24) is 10.2 Å². The Balaban J connectivity index is 1.42. The highest BCUT2D eigenvalue weighted by Crippen LogP contribution is 2.54. The van der Waals surface area contributed by atoms with Crippen LogP contribution in [0.2, 0.25) is 5.02 Å². The molecular formula is C29H26ClN3O3. The molecule has 2 fully saturated rings. The van der Waals surface area contributed by atoms with Crippen molar-refractivity contribution in [2.75, 3.05) is 11.9 Å². The molecule has 0 aromatic heterocycles. The van der Waals surface area contributed by atoms with Crippen LogP contribution in [-0.2, 0) is 32.8 Å². The van der Waals surface area contributed by atoms with Gasteiger partial charge in [-0.1, -0.05) is 78.3 Å². The van der Waals surface area contributed by atoms with Crippen molar-refractivity contribution in [1.29, 1.82) is 0 Å². The van der Waals surface area contributed by atoms with Crippen molar-refractivity contribution in [2.45, 2.75) is 31.3 Å². The Morgan fingerprint density at radius 2 is 1.56 bits per heavy atom. The number of benzene rings is 3. The molecule has 3 aliphatic rings. The molecule has 0 bridgehead atoms. The predicted octanol–water partition coefficient (Wildman–Crippen LogP) is 3.85. The molecule has 4 unspecified atom stereocenters. The van der Waals surface area contributed by atoms with E-state index in [1.807, 2.05) is 73.7 Å². The van der Waals surface area contributed by atoms with E-state index in [4.69, 9.17) is 11.6 Å². The van der Waals surface area contributed by atoms with Gasteiger partial charge in [0, 0.05) is 23.2 Å². The van der Waals surface area contributed by atoms with E-state index in [1.54, 1.807) is 6.07 Å². The quantitative estimate of drug-likeness (QED) is 0.523. The number of imide groups is 1. The lowest BCUT2D eigenvalue weighted by Gasteiger charge is -2.29. The zero-order valence-corrected chi connectivity index (χ0v) is 20.6. The van der Waals surface area contributed by atoms with Crippen LogP contribution >= 0.6 is 11.6 Å². The molecule has 36 heavy (non-hydrogen) atoms. The first-order valence-electron chi connectivity index (χ1n) is 12.2. The van der Waals surface area contributed by atoms with Crippen molar-refractivity contribution in [3.05, 3.63) is 100 Å². The van der Waals surface area contributed by atoms with Crippen LogP contribution in [0.5, 0.6) is 0 Å². The molecule has 1 spiro atoms. The summed E-state index contributed by atoms with van der Waals surface area (Å²) in [5, 5.41) is 7.02. The average Bonchev–Trinajstić information content (AvgIpc) is 3.46. The lowest BCUT2D eigenvalue weighted by Crippen LogP contribution is -2.53. The molecule has 0 aliphatic carbocycles. The maximum Gasteiger partial charge on any atom is 0.250 e. The van der Waals surface area contributed by atoms with Crippen LogP contribution in [0.15, 0.2) is 72.8 Å². The van der Waals surface area contributed by atoms with Gasteiger partial charge in [0.25, 0.3) is 0 Å². The van der Waals surface area contributed by atoms with Crippen LogP contribution in [0.3, 0.4) is 0 Å². The highest BCUT2D eigenvalue weighted by Gasteiger charge is 2.70. The highest BCUT2D eigenvalue weighted by atomic mass is 35.5. The Morgan fingerprint density at radius 3 is 2.25 bits per heavy atom. The molecule has 4 atom stereocenters. The van der Waals surface area contributed by atoms with Crippen molar-refractivity contribution >= 4 is 35.0 Å². The smallest absolute Gasteiger partial charge is 0.250 e. The van der Waals surface area contributed by atoms with E-state index in [1.165, 1.54) is 4.90 Å². The molecule has 3 aromatic rings. The number of hydrogen-bond acceptors (Lipinski definition) is 4. The number of halogens is 1. The fourth-order valence-corrected chi connectivity index (χ4v) is 6.36. The van der Waals surface area contributed by atoms with Crippen LogP contribution in [0, 0.1) is 18.8 Å². The molecule has 3 aromatic carbocycles. The Hall–Kier alpha value is -3.48. The summed E-state index contributed by atoms with van der Waals surface area (Å²) in [6.45, 7) is 2.14. The van der Waals surface area contributed by atoms with E-state index in [-0.39, 0.29) is 30.3 Å². The lowest BCUT2D eigenvalue weighted by atomic mass is 9.76. The van der Waals surface area contributed by atoms with Gasteiger partial charge in [0.15, 0.2) is 0 Å². The number of hydrogen-bond donors (Lipinski definition) is 2. The summed E-state index contributed by atoms with van der Waals surface area (Å²) in [5.74, 6) is -2.27. The summed E-state index contributed by atoms with van der Waals surface area (Å²) in [7, 11) is 0. The summed E-state index contributed by atoms with van der Waals surface area (Å²) in [6.07, 6.45) is 1.10. The number of likely N-dealkylation sites (tertiary alicyclic amines) is 1. The Bertz CT molecular complexity index is 1380. The minimum Gasteiger partial charge on any atom is -0.324 e. The third-order valence-electron chi connectivity index (χ3n) is 7.94. The van der Waals surface area contributed by atoms with Gasteiger partial charge >= 0.3 is 0 Å². The van der Waals surface area contributed by atoms with Gasteiger partial charge in [-0.2, -0.15) is 0 Å². The largest absolute Gasteiger partial charge is 0.324 e. The average molecular weight is 500 g/mol. The van der Waals surface area contributed by atoms with Gasteiger partial charge in [-0.25, -0.2) is 0 Å². The van der Waals surface area contributed by atoms with Crippen LogP contribution in [0.1, 0.15) is 22.3 Å². The molecule has 3 heterocycles. The highest BCUT2D eigenvalue weighted by molar-refractivity contribution is 6.32. The molecule has 2 N–H and O–H groups in total. The summed E-state index contributed by atoms with van der Waals surface area (Å²) in [4.78, 5) is 42.8. The fraction of sp³-hybridized carbons (Fsp3) is 0.276. The number of fused-ring (bicyclic) bond motifs is 4. The molecule has 2 saturated heterocycles. The maximum atomic E-state index is 13.9. The fourth-order valence-electron chi connectivity index (χ4n) is 6.20. The SMILES string of the molecule is Cc1c(Cl)ccc2c1NC(=O)C21NC(Cc2ccccc2)C2C(=O)N(CCc3ccccc3)C(=O)C21. The van der Waals surface area contributed by atoms with Crippen LogP contribution in [0.4, 0.5) is 5.69 Å². The first kappa shape index (κ1) is 23.0. The Labute approximate surface area is 214 Å². The van der Waals surface area contributed by atoms with Crippen LogP contribution < -0.4 is 10.6 Å². The number of rotatable bonds is 5. The van der Waals surface area contributed by atoms with E-state index >= 15 is 0 Å². The second kappa shape index (κ2) is 8.57. The zero-order valence-electron chi connectivity index (χ0n) is 19.8. The van der Waals surface area contributed by atoms with E-state index in [0.29, 0.717) is 29.1 Å². The van der Waals surface area contributed by atoms with Gasteiger partial charge in [0.2, 0.25) is 17.7 Å². The molecule has 182 valence electrons. The molecule has 6 nitrogen and oxygen atoms in total. The Morgan fingerprint density at radius 1 is 0.889 bits per heavy atom. The van der Waals surface area contributed by atoms with Crippen LogP contribution in [0.25, 0.3) is 0 Å². The summed E-state index contributed by atoms with van der Waals surface area (Å²) in [5.41, 5.74) is 2.84. The van der Waals surface area contributed by atoms with E-state index < -0.39 is 17.4 Å². The predicted molar refractivity (Wildman–Crippen MR) is 137 cm³/mol. The first-order chi connectivity index (χ1) is 17.4. The third kappa shape index (κ3) is 3.32. The summed E-state index contributed by atoms with van der Waals surface area (Å²) < 4.78 is 0. The number of amides is 3. The molecule has 0 radical (unpaired) electrons. The van der Waals surface area contributed by atoms with Crippen molar-refractivity contribution in [3.63, 3.8) is 0 Å². The van der Waals surface area contributed by atoms with Gasteiger partial charge in [0.1, 0.15) is 5.54 Å². The number of nitrogens with one attached hydrogen (secondary N) is 2. The van der Waals surface area contributed by atoms with Crippen molar-refractivity contribution in [3.8, 4) is 0 Å². The van der Waals surface area contributed by atoms with Crippen LogP contribution in [-0.4, -0.2) is 35.2 Å². The number of carbonyl (C=O) groups excluding carboxylic acids is 3. The van der Waals surface area contributed by atoms with Gasteiger partial charge in [-0.05, 0) is 42.5 Å². The monoisotopic (exact) mass is 499 g/mol. The number of anilines is 1. The minimum absolute atomic E-state index is 0.210. The van der Waals surface area contributed by atoms with Crippen molar-refractivity contribution in [2.24, 2.45) is 11.8 Å². The first-order valence-corrected chi connectivity index (χ1v) is 12.6. The molecule has 0 saturated carbocycles. The van der Waals surface area contributed by atoms with Gasteiger partial charge in [-0.15, -0.1) is 0 Å². The van der Waals surface area contributed by atoms with Gasteiger partial charge in [-0.3, -0.25) is 24.6 Å². The lowest BCUT2D eigenvalue weighted by molar-refractivity contribution is -0.142. The standard InChI is InChI=1S/C29H26ClN3O3/c1-17-21(30)13-12-20-25(17)31-28(36)29(20)24-23(22(32-29)16-19-10-6-3-7-11-19)26(34)33(27(24)35)15-14-18-8-4-2-5-9-18/h2-13,22-24,32H,14-16H2,1H3,(H,31,36). The van der Waals surface area contributed by atoms with Crippen molar-refractivity contribution < 1.29 is 14.4 Å². The Kier molecular flexibility index (Phi) is 5.47. The molecular weight excluding hydrogens is 474 g/mol. The molecule has 3 amide bonds. The van der Waals surface area contributed by atoms with E-state index in [9.17, 15) is 14.4 Å². The molecule has 3 aliphatic heterocycles. The topological polar surface area (TPSA) is 78.5 Å². The molecule has 6 rings (SSSR count). The summed E-state index contributed by atoms with van der Waals surface area (Å²) >= 11 is 6.36. The maximum absolute atomic E-state index is 13.9. The zero-order chi connectivity index (χ0) is 25.0. The number of carbonyl (C=O) groups is 3. The van der Waals surface area contributed by atoms with Gasteiger partial charge in [0.05, 0.1) is 17.5 Å². The summed E-state index contributed by atoms with van der Waals surface area (Å²) in [6, 6.07) is 22.8. The van der Waals surface area contributed by atoms with Gasteiger partial charge < -0.3 is 5.32 Å². The second-order valence-corrected chi connectivity index (χ2v) is 10.3. The third-order valence-corrected chi connectivity index (χ3v) is 8.35. The molecule has 7 heteroatoms.